The molecule has 0 aliphatic heterocycles. The van der Waals surface area contributed by atoms with Crippen LogP contribution in [0.4, 0.5) is 0 Å². The van der Waals surface area contributed by atoms with Gasteiger partial charge in [0.1, 0.15) is 0 Å². The molecule has 0 aromatic carbocycles. The van der Waals surface area contributed by atoms with E-state index in [-0.39, 0.29) is 6.42 Å². The molecule has 0 saturated heterocycles. The van der Waals surface area contributed by atoms with E-state index < -0.39 is 24.7 Å². The van der Waals surface area contributed by atoms with Gasteiger partial charge < -0.3 is 0 Å². The molecule has 0 aliphatic rings. The van der Waals surface area contributed by atoms with Crippen LogP contribution in [-0.4, -0.2) is 5.78 Å². The van der Waals surface area contributed by atoms with Crippen molar-refractivity contribution in [2.45, 2.75) is 33.0 Å². The molecule has 0 spiro atoms. The van der Waals surface area contributed by atoms with Gasteiger partial charge in [-0.2, -0.15) is 0 Å². The summed E-state index contributed by atoms with van der Waals surface area (Å²) in [4.78, 5) is 11.3. The highest BCUT2D eigenvalue weighted by atomic mass is 16.1. The Bertz CT molecular complexity index is 237. The van der Waals surface area contributed by atoms with Crippen LogP contribution in [0, 0.1) is 0 Å². The van der Waals surface area contributed by atoms with Crippen LogP contribution in [-0.2, 0) is 4.79 Å². The molecule has 0 N–H and O–H groups in total. The summed E-state index contributed by atoms with van der Waals surface area (Å²) in [5.74, 6) is -0.605. The van der Waals surface area contributed by atoms with Gasteiger partial charge in [0.25, 0.3) is 0 Å². The average molecular weight is 131 g/mol. The number of carbonyl (C=O) groups excluding carboxylic acids is 1. The molecule has 0 rings (SSSR count). The Morgan fingerprint density at radius 2 is 2.67 bits per heavy atom. The van der Waals surface area contributed by atoms with Gasteiger partial charge in [0.15, 0.2) is 5.78 Å². The summed E-state index contributed by atoms with van der Waals surface area (Å²) in [5.41, 5.74) is -0.647. The van der Waals surface area contributed by atoms with E-state index in [2.05, 4.69) is 0 Å². The lowest BCUT2D eigenvalue weighted by Crippen LogP contribution is -1.96. The van der Waals surface area contributed by atoms with E-state index in [4.69, 9.17) is 6.85 Å². The van der Waals surface area contributed by atoms with Gasteiger partial charge in [-0.05, 0) is 18.8 Å². The van der Waals surface area contributed by atoms with Crippen molar-refractivity contribution in [2.24, 2.45) is 0 Å². The normalized spacial score (nSPS) is 18.1. The van der Waals surface area contributed by atoms with Crippen LogP contribution in [0.5, 0.6) is 0 Å². The summed E-state index contributed by atoms with van der Waals surface area (Å²) < 4.78 is 34.8. The molecular formula is C8H14O. The molecule has 0 radical (unpaired) electrons. The topological polar surface area (TPSA) is 17.1 Å². The minimum atomic E-state index is -2.64. The van der Waals surface area contributed by atoms with E-state index in [0.29, 0.717) is 6.42 Å². The number of hydrogen-bond acceptors (Lipinski definition) is 1. The van der Waals surface area contributed by atoms with E-state index in [1.54, 1.807) is 0 Å². The Morgan fingerprint density at radius 1 is 1.89 bits per heavy atom. The first kappa shape index (κ1) is 3.00. The van der Waals surface area contributed by atoms with Crippen molar-refractivity contribution in [3.05, 3.63) is 12.1 Å². The zero-order valence-corrected chi connectivity index (χ0v) is 5.53. The maximum atomic E-state index is 11.3. The van der Waals surface area contributed by atoms with Crippen LogP contribution in [0.15, 0.2) is 12.1 Å². The van der Waals surface area contributed by atoms with Crippen LogP contribution in [0.2, 0.25) is 0 Å². The van der Waals surface area contributed by atoms with Gasteiger partial charge in [0.2, 0.25) is 0 Å². The number of allylic oxidation sites excluding steroid dienone is 1. The quantitative estimate of drug-likeness (QED) is 0.535. The molecule has 0 bridgehead atoms. The second kappa shape index (κ2) is 4.30. The predicted octanol–water partition coefficient (Wildman–Crippen LogP) is 2.32. The molecule has 0 unspecified atom stereocenters. The maximum absolute atomic E-state index is 11.3. The van der Waals surface area contributed by atoms with E-state index >= 15 is 0 Å². The number of Topliss-reactive ketones (excluding diaryl/α,β-unsaturated/α-hetero) is 1. The first-order chi connectivity index (χ1) is 6.30. The Balaban J connectivity index is 4.72. The zero-order valence-electron chi connectivity index (χ0n) is 10.5. The second-order valence-electron chi connectivity index (χ2n) is 1.90. The van der Waals surface area contributed by atoms with Crippen LogP contribution in [0.1, 0.15) is 39.9 Å². The van der Waals surface area contributed by atoms with Gasteiger partial charge >= 0.3 is 0 Å². The molecule has 52 valence electrons. The highest BCUT2D eigenvalue weighted by Crippen LogP contribution is 2.00. The van der Waals surface area contributed by atoms with E-state index in [1.165, 1.54) is 0 Å². The van der Waals surface area contributed by atoms with Gasteiger partial charge in [0, 0.05) is 10.5 Å². The summed E-state index contributed by atoms with van der Waals surface area (Å²) in [6.07, 6.45) is 1.47. The molecule has 1 nitrogen and oxygen atoms in total. The molecule has 9 heavy (non-hydrogen) atoms. The number of unbranched alkanes of at least 4 members (excludes halogenated alkanes) is 1. The number of rotatable bonds is 4. The molecule has 0 aromatic rings. The Hall–Kier alpha value is -0.590. The van der Waals surface area contributed by atoms with Crippen LogP contribution in [0.25, 0.3) is 0 Å². The molecule has 0 aliphatic carbocycles. The minimum Gasteiger partial charge on any atom is -0.295 e. The molecule has 0 amide bonds. The van der Waals surface area contributed by atoms with Crippen molar-refractivity contribution >= 4 is 5.78 Å². The van der Waals surface area contributed by atoms with Gasteiger partial charge in [-0.3, -0.25) is 4.79 Å². The second-order valence-corrected chi connectivity index (χ2v) is 1.90. The molecule has 0 heterocycles. The average Bonchev–Trinajstić information content (AvgIpc) is 1.97. The van der Waals surface area contributed by atoms with Crippen molar-refractivity contribution in [3.63, 3.8) is 0 Å². The van der Waals surface area contributed by atoms with Crippen LogP contribution in [0.3, 0.4) is 0 Å². The third kappa shape index (κ3) is 3.95. The number of carbonyl (C=O) groups is 1. The van der Waals surface area contributed by atoms with Crippen molar-refractivity contribution in [1.82, 2.24) is 0 Å². The monoisotopic (exact) mass is 131 g/mol. The van der Waals surface area contributed by atoms with Gasteiger partial charge in [-0.15, -0.1) is 0 Å². The Morgan fingerprint density at radius 3 is 3.11 bits per heavy atom. The van der Waals surface area contributed by atoms with Gasteiger partial charge in [-0.1, -0.05) is 19.9 Å². The standard InChI is InChI=1S/C8H14O/c1-4-5-6-8(9)7(2)3/h2,4-6H2,1,3H3/i2D2,3D3. The van der Waals surface area contributed by atoms with Crippen molar-refractivity contribution in [1.29, 1.82) is 0 Å². The summed E-state index contributed by atoms with van der Waals surface area (Å²) in [6, 6.07) is 0. The molecule has 1 heteroatoms. The fourth-order valence-electron chi connectivity index (χ4n) is 0.462. The van der Waals surface area contributed by atoms with Crippen molar-refractivity contribution < 1.29 is 11.6 Å². The first-order valence-corrected chi connectivity index (χ1v) is 3.01. The molecule has 0 aromatic heterocycles. The zero-order chi connectivity index (χ0) is 11.4. The fraction of sp³-hybridized carbons (Fsp3) is 0.625. The number of ketones is 1. The Labute approximate surface area is 63.8 Å². The lowest BCUT2D eigenvalue weighted by Gasteiger charge is -1.94. The first-order valence-electron chi connectivity index (χ1n) is 5.51. The predicted molar refractivity (Wildman–Crippen MR) is 39.3 cm³/mol. The maximum Gasteiger partial charge on any atom is 0.157 e. The van der Waals surface area contributed by atoms with Gasteiger partial charge in [-0.25, -0.2) is 0 Å². The van der Waals surface area contributed by atoms with Crippen molar-refractivity contribution in [2.75, 3.05) is 0 Å². The third-order valence-electron chi connectivity index (χ3n) is 1.04. The molecular weight excluding hydrogens is 112 g/mol. The van der Waals surface area contributed by atoms with Crippen LogP contribution < -0.4 is 0 Å². The lowest BCUT2D eigenvalue weighted by molar-refractivity contribution is -0.115. The molecule has 0 atom stereocenters. The SMILES string of the molecule is [2H]C([2H])=C(C(=O)CCCC)C([2H])([2H])[2H]. The van der Waals surface area contributed by atoms with Gasteiger partial charge in [0.05, 0.1) is 2.74 Å². The van der Waals surface area contributed by atoms with Crippen LogP contribution >= 0.6 is 0 Å². The van der Waals surface area contributed by atoms with E-state index in [1.807, 2.05) is 6.92 Å². The molecule has 0 fully saturated rings. The minimum absolute atomic E-state index is 0.103. The number of hydrogen-bond donors (Lipinski definition) is 0. The summed E-state index contributed by atoms with van der Waals surface area (Å²) in [6.45, 7) is -1.65. The van der Waals surface area contributed by atoms with E-state index in [9.17, 15) is 4.79 Å². The van der Waals surface area contributed by atoms with Crippen molar-refractivity contribution in [3.8, 4) is 0 Å². The highest BCUT2D eigenvalue weighted by molar-refractivity contribution is 5.93. The summed E-state index contributed by atoms with van der Waals surface area (Å²) >= 11 is 0. The van der Waals surface area contributed by atoms with E-state index in [0.717, 1.165) is 6.42 Å². The smallest absolute Gasteiger partial charge is 0.157 e. The summed E-state index contributed by atoms with van der Waals surface area (Å²) in [5, 5.41) is 0. The summed E-state index contributed by atoms with van der Waals surface area (Å²) in [7, 11) is 0. The Kier molecular flexibility index (Phi) is 1.43. The largest absolute Gasteiger partial charge is 0.295 e. The lowest BCUT2D eigenvalue weighted by atomic mass is 10.1. The fourth-order valence-corrected chi connectivity index (χ4v) is 0.462. The highest BCUT2D eigenvalue weighted by Gasteiger charge is 1.98. The third-order valence-corrected chi connectivity index (χ3v) is 1.04. The molecule has 0 saturated carbocycles.